The molecule has 1 aromatic carbocycles. The number of carboxylic acids is 1. The van der Waals surface area contributed by atoms with E-state index in [1.165, 1.54) is 5.56 Å². The number of aryl methyl sites for hydroxylation is 1. The van der Waals surface area contributed by atoms with Gasteiger partial charge in [0.05, 0.1) is 5.41 Å². The summed E-state index contributed by atoms with van der Waals surface area (Å²) in [6.07, 6.45) is 4.38. The zero-order valence-electron chi connectivity index (χ0n) is 13.4. The molecule has 5 heteroatoms. The highest BCUT2D eigenvalue weighted by Gasteiger charge is 2.37. The van der Waals surface area contributed by atoms with Crippen LogP contribution in [0.2, 0.25) is 0 Å². The third-order valence-corrected chi connectivity index (χ3v) is 4.43. The summed E-state index contributed by atoms with van der Waals surface area (Å²) in [6.45, 7) is 5.73. The average molecular weight is 303 g/mol. The molecule has 0 radical (unpaired) electrons. The Labute approximate surface area is 131 Å². The third-order valence-electron chi connectivity index (χ3n) is 4.43. The van der Waals surface area contributed by atoms with Gasteiger partial charge in [0.25, 0.3) is 0 Å². The second-order valence-corrected chi connectivity index (χ2v) is 6.28. The molecule has 1 unspecified atom stereocenters. The first-order valence-corrected chi connectivity index (χ1v) is 7.73. The van der Waals surface area contributed by atoms with E-state index in [-0.39, 0.29) is 5.92 Å². The smallest absolute Gasteiger partial charge is 0.309 e. The molecule has 1 aliphatic heterocycles. The standard InChI is InChI=1S/C17H25N3O2/c1-4-12-6-5-7-13(10-12)15(17(2,3)16(21)22)9-8-14-11-18-20-19-14/h5-7,10-11,15,18-20H,4,8-9H2,1-3H3,(H,21,22). The summed E-state index contributed by atoms with van der Waals surface area (Å²) in [7, 11) is 0. The lowest BCUT2D eigenvalue weighted by atomic mass is 9.72. The van der Waals surface area contributed by atoms with Gasteiger partial charge in [-0.25, -0.2) is 0 Å². The highest BCUT2D eigenvalue weighted by molar-refractivity contribution is 5.75. The molecular weight excluding hydrogens is 278 g/mol. The molecular formula is C17H25N3O2. The highest BCUT2D eigenvalue weighted by Crippen LogP contribution is 2.40. The van der Waals surface area contributed by atoms with Crippen molar-refractivity contribution < 1.29 is 9.90 Å². The van der Waals surface area contributed by atoms with Crippen LogP contribution in [-0.4, -0.2) is 11.1 Å². The summed E-state index contributed by atoms with van der Waals surface area (Å²) < 4.78 is 0. The van der Waals surface area contributed by atoms with Crippen LogP contribution in [0.4, 0.5) is 0 Å². The van der Waals surface area contributed by atoms with Crippen molar-refractivity contribution >= 4 is 5.97 Å². The number of hydrazine groups is 2. The van der Waals surface area contributed by atoms with Crippen molar-refractivity contribution in [1.29, 1.82) is 0 Å². The Hall–Kier alpha value is -2.01. The topological polar surface area (TPSA) is 73.4 Å². The Kier molecular flexibility index (Phi) is 5.08. The molecule has 1 atom stereocenters. The number of carbonyl (C=O) groups is 1. The van der Waals surface area contributed by atoms with Crippen LogP contribution in [0.25, 0.3) is 0 Å². The molecule has 0 aliphatic carbocycles. The minimum absolute atomic E-state index is 0.0419. The van der Waals surface area contributed by atoms with Crippen LogP contribution in [-0.2, 0) is 11.2 Å². The van der Waals surface area contributed by atoms with Gasteiger partial charge in [0.1, 0.15) is 0 Å². The van der Waals surface area contributed by atoms with Gasteiger partial charge in [-0.1, -0.05) is 31.2 Å². The minimum atomic E-state index is -0.813. The number of carboxylic acid groups (broad SMARTS) is 1. The van der Waals surface area contributed by atoms with Gasteiger partial charge in [-0.15, -0.1) is 0 Å². The first kappa shape index (κ1) is 16.4. The lowest BCUT2D eigenvalue weighted by Gasteiger charge is -2.31. The molecule has 0 saturated carbocycles. The van der Waals surface area contributed by atoms with Crippen molar-refractivity contribution in [3.05, 3.63) is 47.3 Å². The van der Waals surface area contributed by atoms with Gasteiger partial charge in [-0.05, 0) is 50.2 Å². The van der Waals surface area contributed by atoms with Crippen molar-refractivity contribution in [2.24, 2.45) is 5.41 Å². The molecule has 0 amide bonds. The molecule has 0 bridgehead atoms. The molecule has 2 rings (SSSR count). The molecule has 5 nitrogen and oxygen atoms in total. The van der Waals surface area contributed by atoms with E-state index in [4.69, 9.17) is 0 Å². The second-order valence-electron chi connectivity index (χ2n) is 6.28. The van der Waals surface area contributed by atoms with E-state index in [9.17, 15) is 9.90 Å². The minimum Gasteiger partial charge on any atom is -0.481 e. The summed E-state index contributed by atoms with van der Waals surface area (Å²) >= 11 is 0. The molecule has 0 fully saturated rings. The quantitative estimate of drug-likeness (QED) is 0.623. The van der Waals surface area contributed by atoms with E-state index in [2.05, 4.69) is 35.4 Å². The van der Waals surface area contributed by atoms with Crippen LogP contribution in [0, 0.1) is 5.41 Å². The Morgan fingerprint density at radius 3 is 2.73 bits per heavy atom. The largest absolute Gasteiger partial charge is 0.481 e. The molecule has 4 N–H and O–H groups in total. The fourth-order valence-corrected chi connectivity index (χ4v) is 2.83. The normalized spacial score (nSPS) is 15.7. The number of benzene rings is 1. The van der Waals surface area contributed by atoms with Crippen molar-refractivity contribution in [2.45, 2.75) is 46.0 Å². The van der Waals surface area contributed by atoms with Gasteiger partial charge in [-0.3, -0.25) is 4.79 Å². The van der Waals surface area contributed by atoms with E-state index in [0.29, 0.717) is 0 Å². The van der Waals surface area contributed by atoms with Gasteiger partial charge in [-0.2, -0.15) is 5.53 Å². The monoisotopic (exact) mass is 303 g/mol. The first-order chi connectivity index (χ1) is 10.4. The van der Waals surface area contributed by atoms with Crippen molar-refractivity contribution in [3.63, 3.8) is 0 Å². The van der Waals surface area contributed by atoms with E-state index < -0.39 is 11.4 Å². The summed E-state index contributed by atoms with van der Waals surface area (Å²) in [5, 5.41) is 9.64. The van der Waals surface area contributed by atoms with Crippen LogP contribution in [0.5, 0.6) is 0 Å². The fraction of sp³-hybridized carbons (Fsp3) is 0.471. The number of aliphatic carboxylic acids is 1. The number of nitrogens with one attached hydrogen (secondary N) is 3. The first-order valence-electron chi connectivity index (χ1n) is 7.73. The zero-order valence-corrected chi connectivity index (χ0v) is 13.4. The van der Waals surface area contributed by atoms with E-state index in [0.717, 1.165) is 30.5 Å². The Morgan fingerprint density at radius 1 is 1.36 bits per heavy atom. The molecule has 1 heterocycles. The maximum atomic E-state index is 11.7. The summed E-state index contributed by atoms with van der Waals surface area (Å²) in [5.41, 5.74) is 11.3. The summed E-state index contributed by atoms with van der Waals surface area (Å²) in [5.74, 6) is -0.802. The predicted molar refractivity (Wildman–Crippen MR) is 86.7 cm³/mol. The third kappa shape index (κ3) is 3.60. The Bertz CT molecular complexity index is 567. The van der Waals surface area contributed by atoms with Gasteiger partial charge in [0, 0.05) is 11.9 Å². The number of rotatable bonds is 7. The molecule has 1 aromatic rings. The van der Waals surface area contributed by atoms with Crippen molar-refractivity contribution in [1.82, 2.24) is 16.4 Å². The number of hydrogen-bond donors (Lipinski definition) is 4. The molecule has 0 aromatic heterocycles. The van der Waals surface area contributed by atoms with E-state index in [1.54, 1.807) is 0 Å². The fourth-order valence-electron chi connectivity index (χ4n) is 2.83. The zero-order chi connectivity index (χ0) is 16.2. The van der Waals surface area contributed by atoms with Crippen molar-refractivity contribution in [3.8, 4) is 0 Å². The van der Waals surface area contributed by atoms with Crippen LogP contribution >= 0.6 is 0 Å². The SMILES string of the molecule is CCc1cccc(C(CCC2=CNNN2)C(C)(C)C(=O)O)c1. The molecule has 120 valence electrons. The summed E-state index contributed by atoms with van der Waals surface area (Å²) in [4.78, 5) is 11.7. The van der Waals surface area contributed by atoms with Gasteiger partial charge >= 0.3 is 5.97 Å². The predicted octanol–water partition coefficient (Wildman–Crippen LogP) is 2.68. The van der Waals surface area contributed by atoms with Gasteiger partial charge < -0.3 is 16.0 Å². The molecule has 1 aliphatic rings. The van der Waals surface area contributed by atoms with Crippen molar-refractivity contribution in [2.75, 3.05) is 0 Å². The van der Waals surface area contributed by atoms with Crippen LogP contribution in [0.1, 0.15) is 50.7 Å². The second kappa shape index (κ2) is 6.83. The molecule has 22 heavy (non-hydrogen) atoms. The molecule has 0 spiro atoms. The Balaban J connectivity index is 2.25. The van der Waals surface area contributed by atoms with Crippen LogP contribution < -0.4 is 16.4 Å². The highest BCUT2D eigenvalue weighted by atomic mass is 16.4. The lowest BCUT2D eigenvalue weighted by Crippen LogP contribution is -2.33. The van der Waals surface area contributed by atoms with E-state index >= 15 is 0 Å². The van der Waals surface area contributed by atoms with Crippen LogP contribution in [0.15, 0.2) is 36.2 Å². The maximum absolute atomic E-state index is 11.7. The lowest BCUT2D eigenvalue weighted by molar-refractivity contribution is -0.148. The van der Waals surface area contributed by atoms with Gasteiger partial charge in [0.2, 0.25) is 0 Å². The average Bonchev–Trinajstić information content (AvgIpc) is 3.00. The number of allylic oxidation sites excluding steroid dienone is 1. The molecule has 0 saturated heterocycles. The summed E-state index contributed by atoms with van der Waals surface area (Å²) in [6, 6.07) is 8.29. The van der Waals surface area contributed by atoms with Gasteiger partial charge in [0.15, 0.2) is 0 Å². The number of hydrogen-bond acceptors (Lipinski definition) is 4. The van der Waals surface area contributed by atoms with Crippen LogP contribution in [0.3, 0.4) is 0 Å². The Morgan fingerprint density at radius 2 is 2.14 bits per heavy atom. The maximum Gasteiger partial charge on any atom is 0.309 e. The van der Waals surface area contributed by atoms with E-state index in [1.807, 2.05) is 32.2 Å².